The van der Waals surface area contributed by atoms with E-state index in [1.54, 1.807) is 7.11 Å². The number of methoxy groups -OCH3 is 1. The molecule has 1 aromatic carbocycles. The van der Waals surface area contributed by atoms with Crippen LogP contribution in [0.3, 0.4) is 0 Å². The molecule has 0 aliphatic carbocycles. The predicted molar refractivity (Wildman–Crippen MR) is 114 cm³/mol. The zero-order chi connectivity index (χ0) is 17.2. The minimum absolute atomic E-state index is 0. The molecule has 2 unspecified atom stereocenters. The van der Waals surface area contributed by atoms with Crippen molar-refractivity contribution in [2.24, 2.45) is 4.99 Å². The number of ether oxygens (including phenoxy) is 1. The van der Waals surface area contributed by atoms with Gasteiger partial charge < -0.3 is 20.3 Å². The van der Waals surface area contributed by atoms with E-state index in [2.05, 4.69) is 55.6 Å². The van der Waals surface area contributed by atoms with Gasteiger partial charge >= 0.3 is 0 Å². The van der Waals surface area contributed by atoms with Gasteiger partial charge in [0.1, 0.15) is 0 Å². The maximum atomic E-state index is 5.98. The lowest BCUT2D eigenvalue weighted by atomic mass is 10.1. The van der Waals surface area contributed by atoms with Gasteiger partial charge in [0, 0.05) is 24.7 Å². The Labute approximate surface area is 168 Å². The quantitative estimate of drug-likeness (QED) is 0.350. The Bertz CT molecular complexity index is 482. The Morgan fingerprint density at radius 3 is 2.42 bits per heavy atom. The van der Waals surface area contributed by atoms with Crippen molar-refractivity contribution in [2.45, 2.75) is 25.9 Å². The van der Waals surface area contributed by atoms with Crippen molar-refractivity contribution >= 4 is 41.5 Å². The summed E-state index contributed by atoms with van der Waals surface area (Å²) in [6.45, 7) is 6.24. The lowest BCUT2D eigenvalue weighted by Gasteiger charge is -2.24. The maximum Gasteiger partial charge on any atom is 0.191 e. The number of rotatable bonds is 8. The number of benzene rings is 1. The Balaban J connectivity index is 0.00000529. The van der Waals surface area contributed by atoms with Crippen molar-refractivity contribution in [1.29, 1.82) is 0 Å². The standard InChI is InChI=1S/C17H29ClN4O.HI/c1-6-19-17(21-13(2)12-23-5)20-11-16(22(3)4)14-7-9-15(18)10-8-14;/h7-10,13,16H,6,11-12H2,1-5H3,(H2,19,20,21);1H. The number of halogens is 2. The van der Waals surface area contributed by atoms with Crippen LogP contribution in [0.2, 0.25) is 5.02 Å². The monoisotopic (exact) mass is 468 g/mol. The molecule has 0 radical (unpaired) electrons. The number of hydrogen-bond donors (Lipinski definition) is 2. The molecular formula is C17H30ClIN4O. The van der Waals surface area contributed by atoms with Crippen LogP contribution < -0.4 is 10.6 Å². The zero-order valence-corrected chi connectivity index (χ0v) is 18.3. The molecule has 7 heteroatoms. The van der Waals surface area contributed by atoms with E-state index in [-0.39, 0.29) is 36.1 Å². The summed E-state index contributed by atoms with van der Waals surface area (Å²) in [5, 5.41) is 7.37. The normalized spacial score (nSPS) is 14.0. The predicted octanol–water partition coefficient (Wildman–Crippen LogP) is 3.15. The molecule has 1 aromatic rings. The molecule has 24 heavy (non-hydrogen) atoms. The molecule has 0 bridgehead atoms. The molecule has 0 saturated heterocycles. The number of nitrogens with one attached hydrogen (secondary N) is 2. The highest BCUT2D eigenvalue weighted by Gasteiger charge is 2.14. The topological polar surface area (TPSA) is 48.9 Å². The largest absolute Gasteiger partial charge is 0.383 e. The van der Waals surface area contributed by atoms with Crippen LogP contribution in [-0.4, -0.2) is 57.8 Å². The number of likely N-dealkylation sites (N-methyl/N-ethyl adjacent to an activating group) is 1. The van der Waals surface area contributed by atoms with E-state index in [0.29, 0.717) is 13.2 Å². The van der Waals surface area contributed by atoms with Crippen molar-refractivity contribution in [3.8, 4) is 0 Å². The minimum atomic E-state index is 0. The third-order valence-corrected chi connectivity index (χ3v) is 3.70. The number of hydrogen-bond acceptors (Lipinski definition) is 3. The minimum Gasteiger partial charge on any atom is -0.383 e. The van der Waals surface area contributed by atoms with Gasteiger partial charge in [-0.3, -0.25) is 4.99 Å². The second-order valence-corrected chi connectivity index (χ2v) is 6.19. The number of aliphatic imine (C=N–C) groups is 1. The third-order valence-electron chi connectivity index (χ3n) is 3.44. The first-order valence-corrected chi connectivity index (χ1v) is 8.31. The van der Waals surface area contributed by atoms with Crippen LogP contribution in [0.5, 0.6) is 0 Å². The van der Waals surface area contributed by atoms with Crippen LogP contribution in [0.25, 0.3) is 0 Å². The Morgan fingerprint density at radius 1 is 1.29 bits per heavy atom. The van der Waals surface area contributed by atoms with E-state index in [4.69, 9.17) is 21.3 Å². The summed E-state index contributed by atoms with van der Waals surface area (Å²) in [5.41, 5.74) is 1.20. The third kappa shape index (κ3) is 8.50. The second-order valence-electron chi connectivity index (χ2n) is 5.75. The first-order chi connectivity index (χ1) is 11.0. The highest BCUT2D eigenvalue weighted by molar-refractivity contribution is 14.0. The summed E-state index contributed by atoms with van der Waals surface area (Å²) in [4.78, 5) is 6.88. The van der Waals surface area contributed by atoms with Gasteiger partial charge in [-0.2, -0.15) is 0 Å². The fourth-order valence-corrected chi connectivity index (χ4v) is 2.40. The summed E-state index contributed by atoms with van der Waals surface area (Å²) in [7, 11) is 5.82. The van der Waals surface area contributed by atoms with E-state index < -0.39 is 0 Å². The molecule has 0 aromatic heterocycles. The second kappa shape index (κ2) is 12.7. The number of guanidine groups is 1. The zero-order valence-electron chi connectivity index (χ0n) is 15.2. The first kappa shape index (κ1) is 23.4. The first-order valence-electron chi connectivity index (χ1n) is 7.93. The Hall–Kier alpha value is -0.570. The van der Waals surface area contributed by atoms with Gasteiger partial charge in [-0.1, -0.05) is 23.7 Å². The molecule has 0 saturated carbocycles. The van der Waals surface area contributed by atoms with Crippen LogP contribution in [0.4, 0.5) is 0 Å². The molecule has 2 N–H and O–H groups in total. The summed E-state index contributed by atoms with van der Waals surface area (Å²) in [6, 6.07) is 8.33. The summed E-state index contributed by atoms with van der Waals surface area (Å²) >= 11 is 5.98. The van der Waals surface area contributed by atoms with Crippen LogP contribution in [0.15, 0.2) is 29.3 Å². The van der Waals surface area contributed by atoms with Crippen LogP contribution in [0.1, 0.15) is 25.5 Å². The highest BCUT2D eigenvalue weighted by atomic mass is 127. The van der Waals surface area contributed by atoms with Gasteiger partial charge in [0.15, 0.2) is 5.96 Å². The molecular weight excluding hydrogens is 439 g/mol. The van der Waals surface area contributed by atoms with Gasteiger partial charge in [-0.05, 0) is 45.6 Å². The van der Waals surface area contributed by atoms with Crippen LogP contribution >= 0.6 is 35.6 Å². The molecule has 0 heterocycles. The van der Waals surface area contributed by atoms with Crippen molar-refractivity contribution in [3.05, 3.63) is 34.9 Å². The summed E-state index contributed by atoms with van der Waals surface area (Å²) in [6.07, 6.45) is 0. The SMILES string of the molecule is CCNC(=NCC(c1ccc(Cl)cc1)N(C)C)NC(C)COC.I. The van der Waals surface area contributed by atoms with Crippen LogP contribution in [0, 0.1) is 0 Å². The van der Waals surface area contributed by atoms with Crippen molar-refractivity contribution in [3.63, 3.8) is 0 Å². The van der Waals surface area contributed by atoms with E-state index in [1.807, 2.05) is 12.1 Å². The van der Waals surface area contributed by atoms with E-state index in [0.717, 1.165) is 17.5 Å². The molecule has 0 aliphatic rings. The summed E-state index contributed by atoms with van der Waals surface area (Å²) < 4.78 is 5.16. The van der Waals surface area contributed by atoms with E-state index in [9.17, 15) is 0 Å². The average Bonchev–Trinajstić information content (AvgIpc) is 2.49. The van der Waals surface area contributed by atoms with E-state index in [1.165, 1.54) is 5.56 Å². The lowest BCUT2D eigenvalue weighted by molar-refractivity contribution is 0.179. The summed E-state index contributed by atoms with van der Waals surface area (Å²) in [5.74, 6) is 0.804. The fraction of sp³-hybridized carbons (Fsp3) is 0.588. The number of nitrogens with zero attached hydrogens (tertiary/aromatic N) is 2. The van der Waals surface area contributed by atoms with Gasteiger partial charge in [-0.15, -0.1) is 24.0 Å². The van der Waals surface area contributed by atoms with Gasteiger partial charge in [-0.25, -0.2) is 0 Å². The van der Waals surface area contributed by atoms with Gasteiger partial charge in [0.2, 0.25) is 0 Å². The van der Waals surface area contributed by atoms with Crippen molar-refractivity contribution in [2.75, 3.05) is 40.9 Å². The van der Waals surface area contributed by atoms with Gasteiger partial charge in [0.05, 0.1) is 19.2 Å². The highest BCUT2D eigenvalue weighted by Crippen LogP contribution is 2.20. The molecule has 0 amide bonds. The molecule has 0 fully saturated rings. The average molecular weight is 469 g/mol. The molecule has 0 aliphatic heterocycles. The molecule has 5 nitrogen and oxygen atoms in total. The molecule has 138 valence electrons. The fourth-order valence-electron chi connectivity index (χ4n) is 2.27. The van der Waals surface area contributed by atoms with E-state index >= 15 is 0 Å². The smallest absolute Gasteiger partial charge is 0.191 e. The maximum absolute atomic E-state index is 5.98. The molecule has 0 spiro atoms. The Kier molecular flexibility index (Phi) is 12.4. The Morgan fingerprint density at radius 2 is 1.92 bits per heavy atom. The van der Waals surface area contributed by atoms with Crippen molar-refractivity contribution < 1.29 is 4.74 Å². The van der Waals surface area contributed by atoms with Crippen LogP contribution in [-0.2, 0) is 4.74 Å². The lowest BCUT2D eigenvalue weighted by Crippen LogP contribution is -2.44. The molecule has 1 rings (SSSR count). The molecule has 2 atom stereocenters. The van der Waals surface area contributed by atoms with Gasteiger partial charge in [0.25, 0.3) is 0 Å². The van der Waals surface area contributed by atoms with Crippen molar-refractivity contribution in [1.82, 2.24) is 15.5 Å².